The molecule has 0 atom stereocenters. The second-order valence-electron chi connectivity index (χ2n) is 6.84. The summed E-state index contributed by atoms with van der Waals surface area (Å²) in [7, 11) is 0. The Morgan fingerprint density at radius 2 is 2.00 bits per heavy atom. The maximum Gasteiger partial charge on any atom is 0.200 e. The molecular weight excluding hydrogens is 380 g/mol. The lowest BCUT2D eigenvalue weighted by Gasteiger charge is -2.12. The number of rotatable bonds is 6. The number of carbonyl (C=O) groups is 1. The van der Waals surface area contributed by atoms with Crippen LogP contribution in [0.4, 0.5) is 0 Å². The molecule has 2 aromatic carbocycles. The number of aromatic nitrogens is 1. The van der Waals surface area contributed by atoms with Crippen molar-refractivity contribution in [2.45, 2.75) is 25.7 Å². The van der Waals surface area contributed by atoms with Gasteiger partial charge < -0.3 is 4.74 Å². The third-order valence-electron chi connectivity index (χ3n) is 4.75. The molecule has 5 heteroatoms. The molecule has 29 heavy (non-hydrogen) atoms. The summed E-state index contributed by atoms with van der Waals surface area (Å²) in [6.45, 7) is 0.513. The minimum absolute atomic E-state index is 0.0753. The lowest BCUT2D eigenvalue weighted by molar-refractivity contribution is 0.103. The van der Waals surface area contributed by atoms with Crippen LogP contribution in [0.2, 0.25) is 0 Å². The fraction of sp³-hybridized carbons (Fsp3) is 0.208. The quantitative estimate of drug-likeness (QED) is 0.393. The van der Waals surface area contributed by atoms with E-state index in [0.717, 1.165) is 44.4 Å². The summed E-state index contributed by atoms with van der Waals surface area (Å²) in [5, 5.41) is 9.50. The van der Waals surface area contributed by atoms with E-state index >= 15 is 0 Å². The van der Waals surface area contributed by atoms with E-state index in [1.54, 1.807) is 0 Å². The van der Waals surface area contributed by atoms with E-state index in [1.807, 2.05) is 60.7 Å². The maximum atomic E-state index is 13.0. The normalized spacial score (nSPS) is 14.4. The van der Waals surface area contributed by atoms with Crippen LogP contribution in [0.1, 0.15) is 40.2 Å². The first-order chi connectivity index (χ1) is 14.2. The summed E-state index contributed by atoms with van der Waals surface area (Å²) in [5.41, 5.74) is 3.71. The number of unbranched alkanes of at least 4 members (excludes halogenated alkanes) is 1. The molecule has 4 nitrogen and oxygen atoms in total. The summed E-state index contributed by atoms with van der Waals surface area (Å²) < 4.78 is 5.70. The number of nitrogens with zero attached hydrogens (tertiary/aromatic N) is 2. The molecule has 3 aromatic rings. The number of benzene rings is 2. The van der Waals surface area contributed by atoms with Crippen molar-refractivity contribution in [3.63, 3.8) is 0 Å². The van der Waals surface area contributed by atoms with Gasteiger partial charge in [-0.1, -0.05) is 42.5 Å². The highest BCUT2D eigenvalue weighted by Gasteiger charge is 2.26. The second kappa shape index (κ2) is 8.85. The van der Waals surface area contributed by atoms with Gasteiger partial charge in [0.25, 0.3) is 0 Å². The molecule has 0 saturated heterocycles. The molecular formula is C24H20N2O2S. The number of allylic oxidation sites excluding steroid dienone is 1. The Labute approximate surface area is 174 Å². The Morgan fingerprint density at radius 3 is 2.83 bits per heavy atom. The molecule has 0 radical (unpaired) electrons. The molecule has 0 fully saturated rings. The van der Waals surface area contributed by atoms with Gasteiger partial charge in [0, 0.05) is 17.6 Å². The van der Waals surface area contributed by atoms with Crippen molar-refractivity contribution in [1.82, 2.24) is 4.98 Å². The number of ether oxygens (including phenoxy) is 1. The maximum absolute atomic E-state index is 13.0. The van der Waals surface area contributed by atoms with E-state index in [2.05, 4.69) is 6.07 Å². The summed E-state index contributed by atoms with van der Waals surface area (Å²) in [6.07, 6.45) is 4.62. The van der Waals surface area contributed by atoms with Gasteiger partial charge in [-0.2, -0.15) is 5.26 Å². The van der Waals surface area contributed by atoms with Gasteiger partial charge in [0.1, 0.15) is 10.8 Å². The van der Waals surface area contributed by atoms with Crippen molar-refractivity contribution in [1.29, 1.82) is 5.26 Å². The average Bonchev–Trinajstić information content (AvgIpc) is 3.20. The third-order valence-corrected chi connectivity index (χ3v) is 5.89. The topological polar surface area (TPSA) is 63.0 Å². The number of hydrogen-bond acceptors (Lipinski definition) is 5. The van der Waals surface area contributed by atoms with Gasteiger partial charge in [-0.05, 0) is 43.0 Å². The Morgan fingerprint density at radius 1 is 1.14 bits per heavy atom. The van der Waals surface area contributed by atoms with Gasteiger partial charge in [-0.15, -0.1) is 11.3 Å². The summed E-state index contributed by atoms with van der Waals surface area (Å²) in [6, 6.07) is 19.8. The smallest absolute Gasteiger partial charge is 0.200 e. The molecule has 0 aliphatic heterocycles. The monoisotopic (exact) mass is 400 g/mol. The van der Waals surface area contributed by atoms with E-state index in [0.29, 0.717) is 25.9 Å². The van der Waals surface area contributed by atoms with Crippen LogP contribution in [0.25, 0.3) is 16.6 Å². The molecule has 0 unspecified atom stereocenters. The molecule has 1 aliphatic rings. The predicted molar refractivity (Wildman–Crippen MR) is 115 cm³/mol. The molecule has 0 N–H and O–H groups in total. The lowest BCUT2D eigenvalue weighted by atomic mass is 9.94. The number of ketones is 1. The van der Waals surface area contributed by atoms with Crippen LogP contribution in [0.15, 0.2) is 60.2 Å². The van der Waals surface area contributed by atoms with Crippen molar-refractivity contribution >= 4 is 23.2 Å². The molecule has 1 heterocycles. The Kier molecular flexibility index (Phi) is 5.83. The minimum Gasteiger partial charge on any atom is -0.494 e. The Bertz CT molecular complexity index is 1090. The van der Waals surface area contributed by atoms with E-state index in [9.17, 15) is 4.79 Å². The van der Waals surface area contributed by atoms with Crippen LogP contribution < -0.4 is 4.74 Å². The minimum atomic E-state index is 0.0753. The largest absolute Gasteiger partial charge is 0.494 e. The van der Waals surface area contributed by atoms with Crippen LogP contribution in [0, 0.1) is 11.3 Å². The number of fused-ring (bicyclic) bond motifs is 1. The fourth-order valence-corrected chi connectivity index (χ4v) is 4.38. The van der Waals surface area contributed by atoms with Gasteiger partial charge >= 0.3 is 0 Å². The highest BCUT2D eigenvalue weighted by Crippen LogP contribution is 2.35. The summed E-state index contributed by atoms with van der Waals surface area (Å²) in [5.74, 6) is 0.830. The summed E-state index contributed by atoms with van der Waals surface area (Å²) in [4.78, 5) is 18.5. The molecule has 0 saturated carbocycles. The predicted octanol–water partition coefficient (Wildman–Crippen LogP) is 5.71. The van der Waals surface area contributed by atoms with Crippen molar-refractivity contribution < 1.29 is 9.53 Å². The zero-order valence-corrected chi connectivity index (χ0v) is 16.7. The van der Waals surface area contributed by atoms with E-state index in [-0.39, 0.29) is 5.78 Å². The van der Waals surface area contributed by atoms with E-state index < -0.39 is 0 Å². The number of thiazole rings is 1. The molecule has 4 rings (SSSR count). The standard InChI is InChI=1S/C24H20N2O2S/c25-13-4-5-14-28-20-10-6-7-17(16-20)15-19-11-12-21-23(22(19)27)29-24(26-21)18-8-2-1-3-9-18/h1-3,6-10,15-16H,4-5,11-12,14H2/b19-15+. The average molecular weight is 401 g/mol. The zero-order valence-electron chi connectivity index (χ0n) is 15.9. The highest BCUT2D eigenvalue weighted by molar-refractivity contribution is 7.17. The van der Waals surface area contributed by atoms with Gasteiger partial charge in [0.15, 0.2) is 0 Å². The first-order valence-corrected chi connectivity index (χ1v) is 10.5. The number of nitriles is 1. The number of aryl methyl sites for hydroxylation is 1. The van der Waals surface area contributed by atoms with Crippen molar-refractivity contribution in [3.05, 3.63) is 76.3 Å². The third kappa shape index (κ3) is 4.44. The molecule has 0 bridgehead atoms. The zero-order chi connectivity index (χ0) is 20.1. The molecule has 144 valence electrons. The Hall–Kier alpha value is -3.23. The van der Waals surface area contributed by atoms with E-state index in [4.69, 9.17) is 15.0 Å². The molecule has 1 aliphatic carbocycles. The molecule has 1 aromatic heterocycles. The fourth-order valence-electron chi connectivity index (χ4n) is 3.29. The first-order valence-electron chi connectivity index (χ1n) is 9.65. The molecule has 0 amide bonds. The number of carbonyl (C=O) groups excluding carboxylic acids is 1. The highest BCUT2D eigenvalue weighted by atomic mass is 32.1. The number of hydrogen-bond donors (Lipinski definition) is 0. The van der Waals surface area contributed by atoms with Crippen LogP contribution in [0.5, 0.6) is 5.75 Å². The van der Waals surface area contributed by atoms with Crippen molar-refractivity contribution in [2.75, 3.05) is 6.61 Å². The van der Waals surface area contributed by atoms with Gasteiger partial charge in [-0.3, -0.25) is 4.79 Å². The van der Waals surface area contributed by atoms with Gasteiger partial charge in [-0.25, -0.2) is 4.98 Å². The summed E-state index contributed by atoms with van der Waals surface area (Å²) >= 11 is 1.48. The lowest BCUT2D eigenvalue weighted by Crippen LogP contribution is -2.12. The first kappa shape index (κ1) is 19.1. The van der Waals surface area contributed by atoms with Gasteiger partial charge in [0.05, 0.1) is 23.2 Å². The van der Waals surface area contributed by atoms with Crippen molar-refractivity contribution in [3.8, 4) is 22.4 Å². The van der Waals surface area contributed by atoms with Crippen LogP contribution >= 0.6 is 11.3 Å². The van der Waals surface area contributed by atoms with Crippen molar-refractivity contribution in [2.24, 2.45) is 0 Å². The van der Waals surface area contributed by atoms with Crippen LogP contribution in [-0.4, -0.2) is 17.4 Å². The SMILES string of the molecule is N#CCCCOc1cccc(/C=C2\CCc3nc(-c4ccccc4)sc3C2=O)c1. The second-order valence-corrected chi connectivity index (χ2v) is 7.84. The molecule has 0 spiro atoms. The Balaban J connectivity index is 1.53. The van der Waals surface area contributed by atoms with E-state index in [1.165, 1.54) is 11.3 Å². The van der Waals surface area contributed by atoms with Crippen LogP contribution in [0.3, 0.4) is 0 Å². The van der Waals surface area contributed by atoms with Gasteiger partial charge in [0.2, 0.25) is 5.78 Å². The number of Topliss-reactive ketones (excluding diaryl/α,β-unsaturated/α-hetero) is 1. The van der Waals surface area contributed by atoms with Crippen LogP contribution in [-0.2, 0) is 6.42 Å².